The number of fused-ring (bicyclic) bond motifs is 3. The van der Waals surface area contributed by atoms with E-state index in [0.717, 1.165) is 17.3 Å². The second-order valence-electron chi connectivity index (χ2n) is 7.13. The molecule has 3 rings (SSSR count). The molecule has 2 heterocycles. The molecule has 0 atom stereocenters. The molecule has 0 saturated heterocycles. The summed E-state index contributed by atoms with van der Waals surface area (Å²) >= 11 is 0. The van der Waals surface area contributed by atoms with Crippen molar-refractivity contribution in [1.29, 1.82) is 0 Å². The summed E-state index contributed by atoms with van der Waals surface area (Å²) in [6.07, 6.45) is 2.64. The average molecular weight is 386 g/mol. The first-order valence-corrected chi connectivity index (χ1v) is 9.34. The standard InChI is InChI=1S/C20H26N4O4/c1-12(2)5-7-21-17(25)6-8-24-11-22-18-13-9-15(27-3)16(28-4)10-14(13)23-19(18)20(24)26/h9-12,23H,5-8H2,1-4H3,(H,21,25). The highest BCUT2D eigenvalue weighted by Gasteiger charge is 2.15. The molecule has 3 aromatic rings. The van der Waals surface area contributed by atoms with E-state index in [-0.39, 0.29) is 24.4 Å². The van der Waals surface area contributed by atoms with Gasteiger partial charge in [-0.1, -0.05) is 13.8 Å². The summed E-state index contributed by atoms with van der Waals surface area (Å²) in [6, 6.07) is 3.58. The summed E-state index contributed by atoms with van der Waals surface area (Å²) in [7, 11) is 3.12. The Morgan fingerprint density at radius 3 is 2.64 bits per heavy atom. The summed E-state index contributed by atoms with van der Waals surface area (Å²) in [5.41, 5.74) is 1.49. The lowest BCUT2D eigenvalue weighted by Gasteiger charge is -2.08. The molecule has 0 saturated carbocycles. The van der Waals surface area contributed by atoms with Crippen molar-refractivity contribution in [3.63, 3.8) is 0 Å². The van der Waals surface area contributed by atoms with Crippen molar-refractivity contribution in [3.8, 4) is 11.5 Å². The molecule has 1 aromatic carbocycles. The zero-order valence-electron chi connectivity index (χ0n) is 16.7. The number of nitrogens with one attached hydrogen (secondary N) is 2. The summed E-state index contributed by atoms with van der Waals surface area (Å²) in [5.74, 6) is 1.60. The van der Waals surface area contributed by atoms with Crippen LogP contribution in [0.25, 0.3) is 21.9 Å². The largest absolute Gasteiger partial charge is 0.493 e. The molecule has 8 heteroatoms. The maximum absolute atomic E-state index is 12.8. The van der Waals surface area contributed by atoms with Crippen molar-refractivity contribution in [2.24, 2.45) is 5.92 Å². The van der Waals surface area contributed by atoms with E-state index in [1.54, 1.807) is 26.4 Å². The molecule has 0 fully saturated rings. The third kappa shape index (κ3) is 3.95. The molecule has 0 radical (unpaired) electrons. The quantitative estimate of drug-likeness (QED) is 0.620. The average Bonchev–Trinajstić information content (AvgIpc) is 3.04. The van der Waals surface area contributed by atoms with Crippen LogP contribution in [0.15, 0.2) is 23.3 Å². The lowest BCUT2D eigenvalue weighted by atomic mass is 10.1. The van der Waals surface area contributed by atoms with Gasteiger partial charge in [-0.15, -0.1) is 0 Å². The van der Waals surface area contributed by atoms with Crippen molar-refractivity contribution >= 4 is 27.8 Å². The fraction of sp³-hybridized carbons (Fsp3) is 0.450. The molecule has 2 aromatic heterocycles. The molecule has 1 amide bonds. The predicted molar refractivity (Wildman–Crippen MR) is 108 cm³/mol. The van der Waals surface area contributed by atoms with Gasteiger partial charge in [-0.3, -0.25) is 14.2 Å². The Morgan fingerprint density at radius 1 is 1.25 bits per heavy atom. The van der Waals surface area contributed by atoms with Crippen LogP contribution in [0.1, 0.15) is 26.7 Å². The van der Waals surface area contributed by atoms with Crippen LogP contribution < -0.4 is 20.3 Å². The SMILES string of the molecule is COc1cc2[nH]c3c(=O)n(CCC(=O)NCCC(C)C)cnc3c2cc1OC. The highest BCUT2D eigenvalue weighted by Crippen LogP contribution is 2.34. The second-order valence-corrected chi connectivity index (χ2v) is 7.13. The van der Waals surface area contributed by atoms with E-state index in [4.69, 9.17) is 9.47 Å². The maximum Gasteiger partial charge on any atom is 0.277 e. The fourth-order valence-corrected chi connectivity index (χ4v) is 3.09. The number of methoxy groups -OCH3 is 2. The van der Waals surface area contributed by atoms with Crippen LogP contribution in [0.2, 0.25) is 0 Å². The molecule has 0 spiro atoms. The van der Waals surface area contributed by atoms with Crippen molar-refractivity contribution in [2.75, 3.05) is 20.8 Å². The van der Waals surface area contributed by atoms with E-state index in [0.29, 0.717) is 35.0 Å². The Bertz CT molecular complexity index is 1050. The first kappa shape index (κ1) is 19.7. The summed E-state index contributed by atoms with van der Waals surface area (Å²) in [6.45, 7) is 5.14. The third-order valence-corrected chi connectivity index (χ3v) is 4.70. The number of hydrogen-bond acceptors (Lipinski definition) is 5. The monoisotopic (exact) mass is 386 g/mol. The number of aryl methyl sites for hydroxylation is 1. The van der Waals surface area contributed by atoms with Gasteiger partial charge >= 0.3 is 0 Å². The van der Waals surface area contributed by atoms with Gasteiger partial charge in [0.25, 0.3) is 5.56 Å². The Labute approximate surface area is 162 Å². The molecule has 0 aliphatic carbocycles. The third-order valence-electron chi connectivity index (χ3n) is 4.70. The number of amides is 1. The first-order chi connectivity index (χ1) is 13.4. The normalized spacial score (nSPS) is 11.3. The predicted octanol–water partition coefficient (Wildman–Crippen LogP) is 2.45. The number of hydrogen-bond donors (Lipinski definition) is 2. The highest BCUT2D eigenvalue weighted by molar-refractivity contribution is 6.05. The maximum atomic E-state index is 12.8. The minimum atomic E-state index is -0.214. The summed E-state index contributed by atoms with van der Waals surface area (Å²) < 4.78 is 12.1. The van der Waals surface area contributed by atoms with Crippen molar-refractivity contribution < 1.29 is 14.3 Å². The topological polar surface area (TPSA) is 98.2 Å². The van der Waals surface area contributed by atoms with Crippen molar-refractivity contribution in [2.45, 2.75) is 33.2 Å². The Kier molecular flexibility index (Phi) is 5.87. The van der Waals surface area contributed by atoms with Crippen LogP contribution in [-0.2, 0) is 11.3 Å². The number of aromatic nitrogens is 3. The lowest BCUT2D eigenvalue weighted by molar-refractivity contribution is -0.121. The Morgan fingerprint density at radius 2 is 1.96 bits per heavy atom. The number of ether oxygens (including phenoxy) is 2. The van der Waals surface area contributed by atoms with E-state index in [9.17, 15) is 9.59 Å². The summed E-state index contributed by atoms with van der Waals surface area (Å²) in [5, 5.41) is 3.66. The van der Waals surface area contributed by atoms with Crippen LogP contribution in [0.3, 0.4) is 0 Å². The lowest BCUT2D eigenvalue weighted by Crippen LogP contribution is -2.28. The fourth-order valence-electron chi connectivity index (χ4n) is 3.09. The van der Waals surface area contributed by atoms with E-state index in [1.807, 2.05) is 0 Å². The Balaban J connectivity index is 1.84. The van der Waals surface area contributed by atoms with Crippen molar-refractivity contribution in [1.82, 2.24) is 19.9 Å². The van der Waals surface area contributed by atoms with Gasteiger partial charge in [0.05, 0.1) is 26.1 Å². The molecule has 28 heavy (non-hydrogen) atoms. The first-order valence-electron chi connectivity index (χ1n) is 9.34. The van der Waals surface area contributed by atoms with Gasteiger partial charge in [-0.25, -0.2) is 4.98 Å². The number of carbonyl (C=O) groups is 1. The second kappa shape index (κ2) is 8.33. The van der Waals surface area contributed by atoms with Gasteiger partial charge < -0.3 is 19.8 Å². The number of benzene rings is 1. The van der Waals surface area contributed by atoms with Gasteiger partial charge in [0.1, 0.15) is 11.0 Å². The van der Waals surface area contributed by atoms with E-state index in [1.165, 1.54) is 10.9 Å². The van der Waals surface area contributed by atoms with E-state index < -0.39 is 0 Å². The smallest absolute Gasteiger partial charge is 0.277 e. The molecular weight excluding hydrogens is 360 g/mol. The van der Waals surface area contributed by atoms with E-state index >= 15 is 0 Å². The zero-order chi connectivity index (χ0) is 20.3. The molecule has 8 nitrogen and oxygen atoms in total. The molecule has 0 aliphatic heterocycles. The Hall–Kier alpha value is -3.03. The summed E-state index contributed by atoms with van der Waals surface area (Å²) in [4.78, 5) is 32.3. The number of nitrogens with zero attached hydrogens (tertiary/aromatic N) is 2. The molecule has 0 bridgehead atoms. The van der Waals surface area contributed by atoms with Crippen LogP contribution in [0.4, 0.5) is 0 Å². The van der Waals surface area contributed by atoms with Gasteiger partial charge in [0.2, 0.25) is 5.91 Å². The molecule has 150 valence electrons. The number of rotatable bonds is 8. The highest BCUT2D eigenvalue weighted by atomic mass is 16.5. The zero-order valence-corrected chi connectivity index (χ0v) is 16.7. The molecule has 0 aliphatic rings. The van der Waals surface area contributed by atoms with Gasteiger partial charge in [-0.2, -0.15) is 0 Å². The van der Waals surface area contributed by atoms with Gasteiger partial charge in [0.15, 0.2) is 11.5 Å². The number of aromatic amines is 1. The van der Waals surface area contributed by atoms with Gasteiger partial charge in [-0.05, 0) is 18.4 Å². The minimum Gasteiger partial charge on any atom is -0.493 e. The van der Waals surface area contributed by atoms with E-state index in [2.05, 4.69) is 29.1 Å². The van der Waals surface area contributed by atoms with Crippen LogP contribution in [-0.4, -0.2) is 41.2 Å². The number of H-pyrrole nitrogens is 1. The van der Waals surface area contributed by atoms with Gasteiger partial charge in [0, 0.05) is 31.0 Å². The molecule has 2 N–H and O–H groups in total. The molecule has 0 unspecified atom stereocenters. The number of carbonyl (C=O) groups excluding carboxylic acids is 1. The minimum absolute atomic E-state index is 0.0706. The van der Waals surface area contributed by atoms with Crippen molar-refractivity contribution in [3.05, 3.63) is 28.8 Å². The van der Waals surface area contributed by atoms with Crippen LogP contribution in [0, 0.1) is 5.92 Å². The molecular formula is C20H26N4O4. The van der Waals surface area contributed by atoms with Crippen LogP contribution >= 0.6 is 0 Å². The van der Waals surface area contributed by atoms with Crippen LogP contribution in [0.5, 0.6) is 11.5 Å².